The molecule has 8 heteroatoms. The number of anilines is 1. The van der Waals surface area contributed by atoms with Gasteiger partial charge in [0.15, 0.2) is 15.7 Å². The fraction of sp³-hybridized carbons (Fsp3) is 0.474. The number of amides is 1. The number of nitrogens with zero attached hydrogens (tertiary/aromatic N) is 3. The van der Waals surface area contributed by atoms with Crippen molar-refractivity contribution in [1.82, 2.24) is 14.7 Å². The third-order valence-electron chi connectivity index (χ3n) is 5.21. The fourth-order valence-corrected chi connectivity index (χ4v) is 5.52. The van der Waals surface area contributed by atoms with Crippen molar-refractivity contribution in [3.05, 3.63) is 47.7 Å². The van der Waals surface area contributed by atoms with E-state index in [0.29, 0.717) is 18.7 Å². The van der Waals surface area contributed by atoms with Crippen molar-refractivity contribution < 1.29 is 13.2 Å². The van der Waals surface area contributed by atoms with E-state index in [2.05, 4.69) is 27.4 Å². The molecule has 2 aromatic rings. The van der Waals surface area contributed by atoms with Crippen LogP contribution in [-0.4, -0.2) is 47.1 Å². The molecule has 1 saturated heterocycles. The SMILES string of the molecule is O=C(Nc1cc2n(n1)CCN(Cc1ccccc1)C2)C1CCCS(=O)(=O)C1. The summed E-state index contributed by atoms with van der Waals surface area (Å²) in [6.07, 6.45) is 1.16. The predicted octanol–water partition coefficient (Wildman–Crippen LogP) is 1.66. The Bertz CT molecular complexity index is 924. The minimum atomic E-state index is -3.10. The lowest BCUT2D eigenvalue weighted by Gasteiger charge is -2.27. The van der Waals surface area contributed by atoms with E-state index in [-0.39, 0.29) is 17.4 Å². The second-order valence-electron chi connectivity index (χ2n) is 7.38. The quantitative estimate of drug-likeness (QED) is 0.861. The molecule has 0 spiro atoms. The molecule has 0 bridgehead atoms. The summed E-state index contributed by atoms with van der Waals surface area (Å²) < 4.78 is 25.4. The maximum atomic E-state index is 12.4. The number of aromatic nitrogens is 2. The molecule has 1 N–H and O–H groups in total. The van der Waals surface area contributed by atoms with Gasteiger partial charge in [-0.15, -0.1) is 0 Å². The highest BCUT2D eigenvalue weighted by Crippen LogP contribution is 2.22. The van der Waals surface area contributed by atoms with E-state index in [1.807, 2.05) is 28.9 Å². The summed E-state index contributed by atoms with van der Waals surface area (Å²) in [5.74, 6) is -0.0733. The monoisotopic (exact) mass is 388 g/mol. The molecule has 1 fully saturated rings. The van der Waals surface area contributed by atoms with Gasteiger partial charge in [-0.3, -0.25) is 14.4 Å². The topological polar surface area (TPSA) is 84.3 Å². The average Bonchev–Trinajstić information content (AvgIpc) is 3.03. The molecule has 1 aromatic carbocycles. The van der Waals surface area contributed by atoms with Gasteiger partial charge < -0.3 is 5.32 Å². The maximum absolute atomic E-state index is 12.4. The van der Waals surface area contributed by atoms with Crippen LogP contribution < -0.4 is 5.32 Å². The van der Waals surface area contributed by atoms with Crippen LogP contribution in [0.25, 0.3) is 0 Å². The Balaban J connectivity index is 1.39. The van der Waals surface area contributed by atoms with Crippen LogP contribution in [0, 0.1) is 5.92 Å². The van der Waals surface area contributed by atoms with Gasteiger partial charge in [-0.25, -0.2) is 8.42 Å². The largest absolute Gasteiger partial charge is 0.309 e. The molecule has 4 rings (SSSR count). The number of nitrogens with one attached hydrogen (secondary N) is 1. The number of sulfone groups is 1. The van der Waals surface area contributed by atoms with E-state index in [1.54, 1.807) is 0 Å². The Hall–Kier alpha value is -2.19. The first-order valence-electron chi connectivity index (χ1n) is 9.33. The van der Waals surface area contributed by atoms with Gasteiger partial charge in [-0.1, -0.05) is 30.3 Å². The molecule has 1 unspecified atom stereocenters. The molecule has 0 aliphatic carbocycles. The minimum Gasteiger partial charge on any atom is -0.309 e. The van der Waals surface area contributed by atoms with E-state index >= 15 is 0 Å². The van der Waals surface area contributed by atoms with Crippen LogP contribution >= 0.6 is 0 Å². The summed E-state index contributed by atoms with van der Waals surface area (Å²) in [6.45, 7) is 3.33. The highest BCUT2D eigenvalue weighted by atomic mass is 32.2. The molecule has 1 atom stereocenters. The molecule has 0 radical (unpaired) electrons. The molecule has 3 heterocycles. The molecule has 144 valence electrons. The molecular formula is C19H24N4O3S. The number of fused-ring (bicyclic) bond motifs is 1. The van der Waals surface area contributed by atoms with Crippen molar-refractivity contribution >= 4 is 21.6 Å². The number of rotatable bonds is 4. The first kappa shape index (κ1) is 18.2. The first-order valence-corrected chi connectivity index (χ1v) is 11.1. The van der Waals surface area contributed by atoms with Crippen LogP contribution in [0.3, 0.4) is 0 Å². The van der Waals surface area contributed by atoms with Crippen molar-refractivity contribution in [2.45, 2.75) is 32.5 Å². The standard InChI is InChI=1S/C19H24N4O3S/c24-19(16-7-4-10-27(25,26)14-16)20-18-11-17-13-22(8-9-23(17)21-18)12-15-5-2-1-3-6-15/h1-3,5-6,11,16H,4,7-10,12-14H2,(H,20,21,24). The van der Waals surface area contributed by atoms with Gasteiger partial charge in [-0.2, -0.15) is 5.10 Å². The van der Waals surface area contributed by atoms with Crippen LogP contribution in [-0.2, 0) is 34.3 Å². The maximum Gasteiger partial charge on any atom is 0.229 e. The molecule has 1 amide bonds. The van der Waals surface area contributed by atoms with Gasteiger partial charge in [0.1, 0.15) is 0 Å². The Labute approximate surface area is 159 Å². The van der Waals surface area contributed by atoms with E-state index in [4.69, 9.17) is 0 Å². The zero-order valence-corrected chi connectivity index (χ0v) is 16.0. The molecule has 7 nitrogen and oxygen atoms in total. The van der Waals surface area contributed by atoms with Gasteiger partial charge in [0.05, 0.1) is 29.7 Å². The van der Waals surface area contributed by atoms with Crippen molar-refractivity contribution in [1.29, 1.82) is 0 Å². The van der Waals surface area contributed by atoms with Gasteiger partial charge in [0, 0.05) is 25.7 Å². The van der Waals surface area contributed by atoms with Crippen LogP contribution in [0.4, 0.5) is 5.82 Å². The Kier molecular flexibility index (Phi) is 5.01. The highest BCUT2D eigenvalue weighted by Gasteiger charge is 2.30. The lowest BCUT2D eigenvalue weighted by molar-refractivity contribution is -0.119. The zero-order valence-electron chi connectivity index (χ0n) is 15.2. The summed E-state index contributed by atoms with van der Waals surface area (Å²) in [5.41, 5.74) is 2.33. The third kappa shape index (κ3) is 4.39. The Morgan fingerprint density at radius 2 is 2.04 bits per heavy atom. The molecule has 0 saturated carbocycles. The van der Waals surface area contributed by atoms with Crippen molar-refractivity contribution in [3.63, 3.8) is 0 Å². The highest BCUT2D eigenvalue weighted by molar-refractivity contribution is 7.91. The summed E-state index contributed by atoms with van der Waals surface area (Å²) >= 11 is 0. The van der Waals surface area contributed by atoms with Crippen LogP contribution in [0.1, 0.15) is 24.1 Å². The molecule has 27 heavy (non-hydrogen) atoms. The third-order valence-corrected chi connectivity index (χ3v) is 7.03. The Morgan fingerprint density at radius 1 is 1.22 bits per heavy atom. The normalized spacial score (nSPS) is 22.1. The van der Waals surface area contributed by atoms with E-state index < -0.39 is 15.8 Å². The number of carbonyl (C=O) groups excluding carboxylic acids is 1. The fourth-order valence-electron chi connectivity index (χ4n) is 3.82. The van der Waals surface area contributed by atoms with Crippen LogP contribution in [0.5, 0.6) is 0 Å². The van der Waals surface area contributed by atoms with Gasteiger partial charge in [-0.05, 0) is 18.4 Å². The van der Waals surface area contributed by atoms with E-state index in [0.717, 1.165) is 31.9 Å². The lowest BCUT2D eigenvalue weighted by atomic mass is 10.0. The van der Waals surface area contributed by atoms with Gasteiger partial charge >= 0.3 is 0 Å². The molecule has 2 aliphatic rings. The summed E-state index contributed by atoms with van der Waals surface area (Å²) in [6, 6.07) is 12.2. The lowest BCUT2D eigenvalue weighted by Crippen LogP contribution is -2.34. The molecular weight excluding hydrogens is 364 g/mol. The number of hydrogen-bond acceptors (Lipinski definition) is 5. The number of carbonyl (C=O) groups is 1. The first-order chi connectivity index (χ1) is 13.0. The average molecular weight is 388 g/mol. The Morgan fingerprint density at radius 3 is 2.81 bits per heavy atom. The van der Waals surface area contributed by atoms with Crippen LogP contribution in [0.15, 0.2) is 36.4 Å². The van der Waals surface area contributed by atoms with Crippen LogP contribution in [0.2, 0.25) is 0 Å². The zero-order chi connectivity index (χ0) is 18.9. The van der Waals surface area contributed by atoms with Gasteiger partial charge in [0.2, 0.25) is 5.91 Å². The van der Waals surface area contributed by atoms with Gasteiger partial charge in [0.25, 0.3) is 0 Å². The minimum absolute atomic E-state index is 0.0583. The second-order valence-corrected chi connectivity index (χ2v) is 9.61. The smallest absolute Gasteiger partial charge is 0.229 e. The summed E-state index contributed by atoms with van der Waals surface area (Å²) in [7, 11) is -3.10. The predicted molar refractivity (Wildman–Crippen MR) is 103 cm³/mol. The summed E-state index contributed by atoms with van der Waals surface area (Å²) in [5, 5.41) is 7.29. The number of benzene rings is 1. The van der Waals surface area contributed by atoms with E-state index in [9.17, 15) is 13.2 Å². The molecule has 1 aromatic heterocycles. The molecule has 2 aliphatic heterocycles. The van der Waals surface area contributed by atoms with Crippen molar-refractivity contribution in [2.75, 3.05) is 23.4 Å². The second kappa shape index (κ2) is 7.44. The van der Waals surface area contributed by atoms with Crippen molar-refractivity contribution in [3.8, 4) is 0 Å². The van der Waals surface area contributed by atoms with Crippen molar-refractivity contribution in [2.24, 2.45) is 5.92 Å². The summed E-state index contributed by atoms with van der Waals surface area (Å²) in [4.78, 5) is 14.8. The van der Waals surface area contributed by atoms with E-state index in [1.165, 1.54) is 5.56 Å². The number of hydrogen-bond donors (Lipinski definition) is 1.